The van der Waals surface area contributed by atoms with E-state index in [0.717, 1.165) is 11.1 Å². The highest BCUT2D eigenvalue weighted by molar-refractivity contribution is 7.15. The number of nitrogens with zero attached hydrogens (tertiary/aromatic N) is 3. The maximum atomic E-state index is 12.8. The van der Waals surface area contributed by atoms with Crippen LogP contribution in [0.2, 0.25) is 5.02 Å². The molecule has 0 atom stereocenters. The van der Waals surface area contributed by atoms with Gasteiger partial charge in [0.1, 0.15) is 0 Å². The van der Waals surface area contributed by atoms with Crippen molar-refractivity contribution in [3.05, 3.63) is 79.6 Å². The van der Waals surface area contributed by atoms with Crippen molar-refractivity contribution < 1.29 is 9.53 Å². The van der Waals surface area contributed by atoms with Gasteiger partial charge in [-0.05, 0) is 48.0 Å². The van der Waals surface area contributed by atoms with Crippen LogP contribution in [0.3, 0.4) is 0 Å². The molecule has 27 heavy (non-hydrogen) atoms. The maximum Gasteiger partial charge on any atom is 0.337 e. The molecule has 0 fully saturated rings. The van der Waals surface area contributed by atoms with Crippen molar-refractivity contribution in [3.63, 3.8) is 0 Å². The number of hydrogen-bond acceptors (Lipinski definition) is 6. The molecule has 2 heterocycles. The molecule has 2 aromatic heterocycles. The van der Waals surface area contributed by atoms with Crippen molar-refractivity contribution in [3.8, 4) is 11.4 Å². The van der Waals surface area contributed by atoms with E-state index >= 15 is 0 Å². The summed E-state index contributed by atoms with van der Waals surface area (Å²) in [5.41, 5.74) is 1.82. The van der Waals surface area contributed by atoms with Crippen LogP contribution < -0.4 is 10.1 Å². The molecule has 4 aromatic rings. The van der Waals surface area contributed by atoms with Crippen LogP contribution in [0.4, 0.5) is 0 Å². The van der Waals surface area contributed by atoms with Gasteiger partial charge in [-0.15, -0.1) is 10.2 Å². The number of carbonyl (C=O) groups excluding carboxylic acids is 1. The second-order valence-corrected chi connectivity index (χ2v) is 7.12. The van der Waals surface area contributed by atoms with Crippen LogP contribution in [0.15, 0.2) is 53.3 Å². The van der Waals surface area contributed by atoms with Gasteiger partial charge in [0.2, 0.25) is 4.96 Å². The highest BCUT2D eigenvalue weighted by atomic mass is 35.5. The second kappa shape index (κ2) is 6.94. The maximum absolute atomic E-state index is 12.8. The zero-order chi connectivity index (χ0) is 19.0. The molecule has 0 aliphatic rings. The van der Waals surface area contributed by atoms with Gasteiger partial charge >= 0.3 is 5.97 Å². The SMILES string of the molecule is COC(=O)c1ccc(/C=c2/sc3nnc(-c4ccc(Cl)cc4)n3c2=O)cc1. The molecule has 0 spiro atoms. The van der Waals surface area contributed by atoms with Crippen LogP contribution in [-0.2, 0) is 4.74 Å². The Labute approximate surface area is 162 Å². The van der Waals surface area contributed by atoms with E-state index < -0.39 is 5.97 Å². The number of esters is 1. The first-order valence-corrected chi connectivity index (χ1v) is 9.10. The Morgan fingerprint density at radius 3 is 2.48 bits per heavy atom. The molecule has 0 saturated carbocycles. The van der Waals surface area contributed by atoms with Crippen LogP contribution in [0, 0.1) is 0 Å². The van der Waals surface area contributed by atoms with Gasteiger partial charge in [-0.3, -0.25) is 4.79 Å². The quantitative estimate of drug-likeness (QED) is 0.497. The Kier molecular flexibility index (Phi) is 4.47. The molecule has 0 radical (unpaired) electrons. The monoisotopic (exact) mass is 397 g/mol. The van der Waals surface area contributed by atoms with Crippen LogP contribution in [-0.4, -0.2) is 27.7 Å². The lowest BCUT2D eigenvalue weighted by molar-refractivity contribution is 0.0600. The van der Waals surface area contributed by atoms with Crippen molar-refractivity contribution in [2.24, 2.45) is 0 Å². The lowest BCUT2D eigenvalue weighted by atomic mass is 10.1. The first kappa shape index (κ1) is 17.4. The van der Waals surface area contributed by atoms with E-state index in [-0.39, 0.29) is 5.56 Å². The fourth-order valence-corrected chi connectivity index (χ4v) is 3.67. The zero-order valence-corrected chi connectivity index (χ0v) is 15.6. The van der Waals surface area contributed by atoms with Gasteiger partial charge in [-0.25, -0.2) is 9.20 Å². The molecule has 0 bridgehead atoms. The molecule has 0 aliphatic heterocycles. The number of benzene rings is 2. The van der Waals surface area contributed by atoms with Gasteiger partial charge < -0.3 is 4.74 Å². The summed E-state index contributed by atoms with van der Waals surface area (Å²) in [6.07, 6.45) is 1.76. The fraction of sp³-hybridized carbons (Fsp3) is 0.0526. The molecule has 0 saturated heterocycles. The Bertz CT molecular complexity index is 1240. The predicted octanol–water partition coefficient (Wildman–Crippen LogP) is 2.81. The van der Waals surface area contributed by atoms with Crippen molar-refractivity contribution in [2.45, 2.75) is 0 Å². The first-order valence-electron chi connectivity index (χ1n) is 7.91. The third-order valence-electron chi connectivity index (χ3n) is 3.98. The Morgan fingerprint density at radius 1 is 1.11 bits per heavy atom. The smallest absolute Gasteiger partial charge is 0.337 e. The van der Waals surface area contributed by atoms with Crippen LogP contribution in [0.1, 0.15) is 15.9 Å². The lowest BCUT2D eigenvalue weighted by Gasteiger charge is -1.98. The zero-order valence-electron chi connectivity index (χ0n) is 14.0. The van der Waals surface area contributed by atoms with Gasteiger partial charge in [-0.2, -0.15) is 0 Å². The summed E-state index contributed by atoms with van der Waals surface area (Å²) in [5.74, 6) is 0.0722. The number of hydrogen-bond donors (Lipinski definition) is 0. The molecule has 2 aromatic carbocycles. The van der Waals surface area contributed by atoms with Crippen molar-refractivity contribution in [2.75, 3.05) is 7.11 Å². The summed E-state index contributed by atoms with van der Waals surface area (Å²) < 4.78 is 6.70. The van der Waals surface area contributed by atoms with Crippen molar-refractivity contribution in [1.29, 1.82) is 0 Å². The number of rotatable bonds is 3. The Morgan fingerprint density at radius 2 is 1.81 bits per heavy atom. The molecule has 0 N–H and O–H groups in total. The highest BCUT2D eigenvalue weighted by Crippen LogP contribution is 2.20. The number of ether oxygens (including phenoxy) is 1. The number of fused-ring (bicyclic) bond motifs is 1. The van der Waals surface area contributed by atoms with Crippen molar-refractivity contribution >= 4 is 39.9 Å². The largest absolute Gasteiger partial charge is 0.465 e. The van der Waals surface area contributed by atoms with Crippen LogP contribution in [0.25, 0.3) is 22.4 Å². The molecule has 0 aliphatic carbocycles. The minimum Gasteiger partial charge on any atom is -0.465 e. The molecule has 6 nitrogen and oxygen atoms in total. The Balaban J connectivity index is 1.78. The molecule has 8 heteroatoms. The van der Waals surface area contributed by atoms with E-state index in [2.05, 4.69) is 14.9 Å². The van der Waals surface area contributed by atoms with E-state index in [4.69, 9.17) is 11.6 Å². The van der Waals surface area contributed by atoms with E-state index in [0.29, 0.717) is 25.9 Å². The fourth-order valence-electron chi connectivity index (χ4n) is 2.63. The number of thiazole rings is 1. The molecule has 4 rings (SSSR count). The third-order valence-corrected chi connectivity index (χ3v) is 5.19. The van der Waals surface area contributed by atoms with E-state index in [9.17, 15) is 9.59 Å². The molecule has 0 amide bonds. The van der Waals surface area contributed by atoms with Gasteiger partial charge in [-0.1, -0.05) is 35.1 Å². The van der Waals surface area contributed by atoms with Gasteiger partial charge in [0.15, 0.2) is 5.82 Å². The minimum atomic E-state index is -0.403. The van der Waals surface area contributed by atoms with Crippen LogP contribution in [0.5, 0.6) is 0 Å². The lowest BCUT2D eigenvalue weighted by Crippen LogP contribution is -2.23. The molecular formula is C19H12ClN3O3S. The number of carbonyl (C=O) groups is 1. The van der Waals surface area contributed by atoms with Gasteiger partial charge in [0, 0.05) is 10.6 Å². The molecule has 0 unspecified atom stereocenters. The van der Waals surface area contributed by atoms with Gasteiger partial charge in [0.05, 0.1) is 17.2 Å². The first-order chi connectivity index (χ1) is 13.1. The number of aromatic nitrogens is 3. The number of halogens is 1. The standard InChI is InChI=1S/C19H12ClN3O3S/c1-26-18(25)13-4-2-11(3-5-13)10-15-17(24)23-16(21-22-19(23)27-15)12-6-8-14(20)9-7-12/h2-10H,1H3/b15-10+. The third kappa shape index (κ3) is 3.22. The second-order valence-electron chi connectivity index (χ2n) is 5.68. The van der Waals surface area contributed by atoms with Crippen LogP contribution >= 0.6 is 22.9 Å². The summed E-state index contributed by atoms with van der Waals surface area (Å²) in [4.78, 5) is 24.9. The highest BCUT2D eigenvalue weighted by Gasteiger charge is 2.14. The topological polar surface area (TPSA) is 73.6 Å². The average Bonchev–Trinajstić information content (AvgIpc) is 3.23. The minimum absolute atomic E-state index is 0.193. The van der Waals surface area contributed by atoms with E-state index in [1.165, 1.54) is 22.8 Å². The summed E-state index contributed by atoms with van der Waals surface area (Å²) in [7, 11) is 1.33. The molecule has 134 valence electrons. The summed E-state index contributed by atoms with van der Waals surface area (Å²) in [5, 5.41) is 8.83. The molecular weight excluding hydrogens is 386 g/mol. The summed E-state index contributed by atoms with van der Waals surface area (Å²) in [6, 6.07) is 13.9. The van der Waals surface area contributed by atoms with Crippen molar-refractivity contribution in [1.82, 2.24) is 14.6 Å². The van der Waals surface area contributed by atoms with E-state index in [1.807, 2.05) is 0 Å². The normalized spacial score (nSPS) is 11.9. The van der Waals surface area contributed by atoms with Gasteiger partial charge in [0.25, 0.3) is 5.56 Å². The summed E-state index contributed by atoms with van der Waals surface area (Å²) >= 11 is 7.18. The average molecular weight is 398 g/mol. The predicted molar refractivity (Wildman–Crippen MR) is 104 cm³/mol. The Hall–Kier alpha value is -3.03. The van der Waals surface area contributed by atoms with E-state index in [1.54, 1.807) is 54.6 Å². The number of methoxy groups -OCH3 is 1. The summed E-state index contributed by atoms with van der Waals surface area (Å²) in [6.45, 7) is 0.